The zero-order valence-electron chi connectivity index (χ0n) is 10.2. The van der Waals surface area contributed by atoms with Crippen molar-refractivity contribution in [3.8, 4) is 0 Å². The largest absolute Gasteiger partial charge is 0.388 e. The van der Waals surface area contributed by atoms with Crippen molar-refractivity contribution >= 4 is 5.91 Å². The number of amides is 1. The highest BCUT2D eigenvalue weighted by Gasteiger charge is 2.29. The summed E-state index contributed by atoms with van der Waals surface area (Å²) in [5.74, 6) is -1.31. The first-order valence-electron chi connectivity index (χ1n) is 6.22. The van der Waals surface area contributed by atoms with Crippen LogP contribution in [0.1, 0.15) is 42.5 Å². The highest BCUT2D eigenvalue weighted by Crippen LogP contribution is 2.27. The normalized spacial score (nSPS) is 18.3. The molecule has 1 fully saturated rings. The predicted octanol–water partition coefficient (Wildman–Crippen LogP) is 1.65. The third-order valence-electron chi connectivity index (χ3n) is 3.37. The second-order valence-corrected chi connectivity index (χ2v) is 4.81. The zero-order chi connectivity index (χ0) is 13.0. The highest BCUT2D eigenvalue weighted by molar-refractivity contribution is 5.94. The Balaban J connectivity index is 1.94. The number of rotatable bonds is 3. The molecule has 2 N–H and O–H groups in total. The van der Waals surface area contributed by atoms with E-state index in [1.54, 1.807) is 0 Å². The van der Waals surface area contributed by atoms with Gasteiger partial charge in [-0.3, -0.25) is 4.79 Å². The molecule has 0 aliphatic heterocycles. The Morgan fingerprint density at radius 2 is 2.17 bits per heavy atom. The van der Waals surface area contributed by atoms with Gasteiger partial charge >= 0.3 is 0 Å². The van der Waals surface area contributed by atoms with Gasteiger partial charge in [-0.05, 0) is 25.0 Å². The minimum atomic E-state index is -0.841. The lowest BCUT2D eigenvalue weighted by Crippen LogP contribution is -2.44. The average molecular weight is 252 g/mol. The average Bonchev–Trinajstić information content (AvgIpc) is 2.38. The van der Waals surface area contributed by atoms with Crippen LogP contribution < -0.4 is 5.32 Å². The fraction of sp³-hybridized carbons (Fsp3) is 0.538. The van der Waals surface area contributed by atoms with Crippen LogP contribution in [0.15, 0.2) is 18.3 Å². The topological polar surface area (TPSA) is 62.2 Å². The minimum Gasteiger partial charge on any atom is -0.388 e. The molecule has 5 heteroatoms. The van der Waals surface area contributed by atoms with Crippen LogP contribution in [0.4, 0.5) is 4.39 Å². The molecule has 1 amide bonds. The Bertz CT molecular complexity index is 431. The molecule has 4 nitrogen and oxygen atoms in total. The molecule has 2 rings (SSSR count). The Morgan fingerprint density at radius 1 is 1.44 bits per heavy atom. The van der Waals surface area contributed by atoms with E-state index >= 15 is 0 Å². The van der Waals surface area contributed by atoms with Gasteiger partial charge in [0, 0.05) is 12.7 Å². The summed E-state index contributed by atoms with van der Waals surface area (Å²) in [5, 5.41) is 12.8. The molecule has 0 atom stereocenters. The van der Waals surface area contributed by atoms with Gasteiger partial charge in [0.15, 0.2) is 0 Å². The molecular formula is C13H17FN2O2. The molecule has 1 aliphatic carbocycles. The number of aliphatic hydroxyl groups is 1. The van der Waals surface area contributed by atoms with E-state index < -0.39 is 17.5 Å². The van der Waals surface area contributed by atoms with Crippen LogP contribution in [-0.4, -0.2) is 28.1 Å². The molecule has 0 aromatic carbocycles. The van der Waals surface area contributed by atoms with Crippen molar-refractivity contribution in [1.29, 1.82) is 0 Å². The van der Waals surface area contributed by atoms with Crippen molar-refractivity contribution < 1.29 is 14.3 Å². The molecule has 0 unspecified atom stereocenters. The quantitative estimate of drug-likeness (QED) is 0.804. The van der Waals surface area contributed by atoms with Crippen LogP contribution >= 0.6 is 0 Å². The SMILES string of the molecule is O=C(NCC1(O)CCCCC1)c1cccnc1F. The van der Waals surface area contributed by atoms with Gasteiger partial charge in [-0.25, -0.2) is 4.98 Å². The maximum atomic E-state index is 13.3. The van der Waals surface area contributed by atoms with Crippen LogP contribution in [0.2, 0.25) is 0 Å². The minimum absolute atomic E-state index is 0.0862. The maximum absolute atomic E-state index is 13.3. The van der Waals surface area contributed by atoms with Gasteiger partial charge in [-0.2, -0.15) is 4.39 Å². The summed E-state index contributed by atoms with van der Waals surface area (Å²) in [6.07, 6.45) is 5.71. The number of aromatic nitrogens is 1. The van der Waals surface area contributed by atoms with Crippen molar-refractivity contribution in [3.05, 3.63) is 29.8 Å². The van der Waals surface area contributed by atoms with E-state index in [0.717, 1.165) is 19.3 Å². The van der Waals surface area contributed by atoms with E-state index in [4.69, 9.17) is 0 Å². The number of nitrogens with one attached hydrogen (secondary N) is 1. The first kappa shape index (κ1) is 13.0. The first-order chi connectivity index (χ1) is 8.61. The molecule has 0 bridgehead atoms. The Labute approximate surface area is 105 Å². The molecule has 1 heterocycles. The number of nitrogens with zero attached hydrogens (tertiary/aromatic N) is 1. The monoisotopic (exact) mass is 252 g/mol. The molecule has 18 heavy (non-hydrogen) atoms. The summed E-state index contributed by atoms with van der Waals surface area (Å²) in [4.78, 5) is 15.2. The predicted molar refractivity (Wildman–Crippen MR) is 64.6 cm³/mol. The lowest BCUT2D eigenvalue weighted by atomic mass is 9.85. The number of hydrogen-bond donors (Lipinski definition) is 2. The lowest BCUT2D eigenvalue weighted by molar-refractivity contribution is 0.00520. The van der Waals surface area contributed by atoms with Crippen molar-refractivity contribution in [2.45, 2.75) is 37.7 Å². The third kappa shape index (κ3) is 3.04. The molecule has 1 saturated carbocycles. The lowest BCUT2D eigenvalue weighted by Gasteiger charge is -2.32. The van der Waals surface area contributed by atoms with Crippen molar-refractivity contribution in [3.63, 3.8) is 0 Å². The van der Waals surface area contributed by atoms with Gasteiger partial charge in [0.05, 0.1) is 11.2 Å². The molecule has 1 aliphatic rings. The van der Waals surface area contributed by atoms with Gasteiger partial charge < -0.3 is 10.4 Å². The van der Waals surface area contributed by atoms with Crippen LogP contribution in [0, 0.1) is 5.95 Å². The molecule has 0 spiro atoms. The Hall–Kier alpha value is -1.49. The van der Waals surface area contributed by atoms with Gasteiger partial charge in [-0.15, -0.1) is 0 Å². The van der Waals surface area contributed by atoms with E-state index in [1.807, 2.05) is 0 Å². The Morgan fingerprint density at radius 3 is 2.83 bits per heavy atom. The van der Waals surface area contributed by atoms with E-state index in [1.165, 1.54) is 18.3 Å². The maximum Gasteiger partial charge on any atom is 0.256 e. The van der Waals surface area contributed by atoms with Gasteiger partial charge in [0.25, 0.3) is 5.91 Å². The second kappa shape index (κ2) is 5.44. The molecule has 1 aromatic heterocycles. The summed E-state index contributed by atoms with van der Waals surface area (Å²) in [7, 11) is 0. The smallest absolute Gasteiger partial charge is 0.256 e. The molecule has 1 aromatic rings. The molecular weight excluding hydrogens is 235 g/mol. The highest BCUT2D eigenvalue weighted by atomic mass is 19.1. The van der Waals surface area contributed by atoms with Crippen molar-refractivity contribution in [2.75, 3.05) is 6.54 Å². The van der Waals surface area contributed by atoms with Gasteiger partial charge in [0.1, 0.15) is 0 Å². The van der Waals surface area contributed by atoms with E-state index in [-0.39, 0.29) is 12.1 Å². The number of carbonyl (C=O) groups excluding carboxylic acids is 1. The number of hydrogen-bond acceptors (Lipinski definition) is 3. The number of carbonyl (C=O) groups is 1. The summed E-state index contributed by atoms with van der Waals surface area (Å²) in [6, 6.07) is 2.88. The van der Waals surface area contributed by atoms with Gasteiger partial charge in [-0.1, -0.05) is 19.3 Å². The number of halogens is 1. The Kier molecular flexibility index (Phi) is 3.91. The van der Waals surface area contributed by atoms with Crippen molar-refractivity contribution in [2.24, 2.45) is 0 Å². The van der Waals surface area contributed by atoms with Gasteiger partial charge in [0.2, 0.25) is 5.95 Å². The zero-order valence-corrected chi connectivity index (χ0v) is 10.2. The van der Waals surface area contributed by atoms with E-state index in [9.17, 15) is 14.3 Å². The first-order valence-corrected chi connectivity index (χ1v) is 6.22. The summed E-state index contributed by atoms with van der Waals surface area (Å²) in [6.45, 7) is 0.167. The molecule has 0 radical (unpaired) electrons. The molecule has 98 valence electrons. The molecule has 0 saturated heterocycles. The second-order valence-electron chi connectivity index (χ2n) is 4.81. The fourth-order valence-corrected chi connectivity index (χ4v) is 2.28. The number of pyridine rings is 1. The van der Waals surface area contributed by atoms with Crippen LogP contribution in [0.3, 0.4) is 0 Å². The fourth-order valence-electron chi connectivity index (χ4n) is 2.28. The van der Waals surface area contributed by atoms with Crippen LogP contribution in [0.25, 0.3) is 0 Å². The standard InChI is InChI=1S/C13H17FN2O2/c14-11-10(5-4-8-15-11)12(17)16-9-13(18)6-2-1-3-7-13/h4-5,8,18H,1-3,6-7,9H2,(H,16,17). The third-order valence-corrected chi connectivity index (χ3v) is 3.37. The summed E-state index contributed by atoms with van der Waals surface area (Å²) >= 11 is 0. The van der Waals surface area contributed by atoms with E-state index in [2.05, 4.69) is 10.3 Å². The van der Waals surface area contributed by atoms with Crippen molar-refractivity contribution in [1.82, 2.24) is 10.3 Å². The van der Waals surface area contributed by atoms with Crippen LogP contribution in [0.5, 0.6) is 0 Å². The summed E-state index contributed by atoms with van der Waals surface area (Å²) < 4.78 is 13.3. The van der Waals surface area contributed by atoms with E-state index in [0.29, 0.717) is 12.8 Å². The summed E-state index contributed by atoms with van der Waals surface area (Å²) in [5.41, 5.74) is -0.927. The van der Waals surface area contributed by atoms with Crippen LogP contribution in [-0.2, 0) is 0 Å².